The van der Waals surface area contributed by atoms with E-state index in [9.17, 15) is 9.59 Å². The monoisotopic (exact) mass is 378 g/mol. The van der Waals surface area contributed by atoms with Crippen LogP contribution in [0.15, 0.2) is 57.7 Å². The molecule has 0 spiro atoms. The second-order valence-electron chi connectivity index (χ2n) is 6.89. The summed E-state index contributed by atoms with van der Waals surface area (Å²) >= 11 is 0. The van der Waals surface area contributed by atoms with E-state index < -0.39 is 5.63 Å². The van der Waals surface area contributed by atoms with Crippen LogP contribution in [0.5, 0.6) is 5.75 Å². The Morgan fingerprint density at radius 1 is 1.04 bits per heavy atom. The summed E-state index contributed by atoms with van der Waals surface area (Å²) in [6, 6.07) is 15.1. The van der Waals surface area contributed by atoms with Crippen LogP contribution < -0.4 is 15.3 Å². The molecule has 6 heteroatoms. The van der Waals surface area contributed by atoms with Gasteiger partial charge in [0, 0.05) is 37.3 Å². The van der Waals surface area contributed by atoms with Crippen LogP contribution in [0.3, 0.4) is 0 Å². The van der Waals surface area contributed by atoms with Gasteiger partial charge in [0.25, 0.3) is 5.91 Å². The van der Waals surface area contributed by atoms with Gasteiger partial charge < -0.3 is 19.0 Å². The van der Waals surface area contributed by atoms with Crippen molar-refractivity contribution in [2.24, 2.45) is 0 Å². The van der Waals surface area contributed by atoms with Crippen LogP contribution in [0, 0.1) is 6.92 Å². The highest BCUT2D eigenvalue weighted by atomic mass is 16.5. The van der Waals surface area contributed by atoms with Crippen molar-refractivity contribution in [2.45, 2.75) is 6.92 Å². The Morgan fingerprint density at radius 2 is 1.79 bits per heavy atom. The molecule has 144 valence electrons. The topological polar surface area (TPSA) is 63.0 Å². The number of methoxy groups -OCH3 is 1. The molecule has 1 saturated heterocycles. The first-order valence-electron chi connectivity index (χ1n) is 9.29. The molecule has 0 N–H and O–H groups in total. The first-order valence-corrected chi connectivity index (χ1v) is 9.29. The summed E-state index contributed by atoms with van der Waals surface area (Å²) in [6.45, 7) is 4.65. The fourth-order valence-corrected chi connectivity index (χ4v) is 3.67. The van der Waals surface area contributed by atoms with E-state index in [0.29, 0.717) is 29.8 Å². The third kappa shape index (κ3) is 3.22. The van der Waals surface area contributed by atoms with E-state index in [2.05, 4.69) is 24.0 Å². The molecule has 0 radical (unpaired) electrons. The molecule has 1 aliphatic rings. The Hall–Kier alpha value is -3.28. The highest BCUT2D eigenvalue weighted by molar-refractivity contribution is 5.97. The summed E-state index contributed by atoms with van der Waals surface area (Å²) in [4.78, 5) is 29.4. The number of rotatable bonds is 3. The SMILES string of the molecule is COc1cccc2cc(C(=O)N3CCN(c4ccccc4C)CC3)c(=O)oc12. The van der Waals surface area contributed by atoms with E-state index in [0.717, 1.165) is 13.1 Å². The lowest BCUT2D eigenvalue weighted by Crippen LogP contribution is -2.49. The summed E-state index contributed by atoms with van der Waals surface area (Å²) < 4.78 is 10.6. The summed E-state index contributed by atoms with van der Waals surface area (Å²) in [6.07, 6.45) is 0. The van der Waals surface area contributed by atoms with E-state index in [1.165, 1.54) is 18.4 Å². The maximum Gasteiger partial charge on any atom is 0.349 e. The molecule has 4 rings (SSSR count). The summed E-state index contributed by atoms with van der Waals surface area (Å²) in [5, 5.41) is 0.667. The largest absolute Gasteiger partial charge is 0.493 e. The molecule has 2 heterocycles. The highest BCUT2D eigenvalue weighted by Gasteiger charge is 2.25. The number of aryl methyl sites for hydroxylation is 1. The molecule has 0 unspecified atom stereocenters. The number of anilines is 1. The standard InChI is InChI=1S/C22H22N2O4/c1-15-6-3-4-8-18(15)23-10-12-24(13-11-23)21(25)17-14-16-7-5-9-19(27-2)20(16)28-22(17)26/h3-9,14H,10-13H2,1-2H3. The fourth-order valence-electron chi connectivity index (χ4n) is 3.67. The number of hydrogen-bond acceptors (Lipinski definition) is 5. The van der Waals surface area contributed by atoms with Gasteiger partial charge in [-0.25, -0.2) is 4.79 Å². The maximum absolute atomic E-state index is 12.9. The summed E-state index contributed by atoms with van der Waals surface area (Å²) in [5.74, 6) is 0.184. The van der Waals surface area contributed by atoms with Gasteiger partial charge in [0.1, 0.15) is 5.56 Å². The maximum atomic E-state index is 12.9. The molecule has 1 fully saturated rings. The third-order valence-electron chi connectivity index (χ3n) is 5.20. The Balaban J connectivity index is 1.55. The molecule has 0 atom stereocenters. The van der Waals surface area contributed by atoms with Gasteiger partial charge in [-0.15, -0.1) is 0 Å². The van der Waals surface area contributed by atoms with Gasteiger partial charge in [0.2, 0.25) is 0 Å². The van der Waals surface area contributed by atoms with Crippen LogP contribution in [0.2, 0.25) is 0 Å². The number of benzene rings is 2. The normalized spacial score (nSPS) is 14.4. The number of amides is 1. The number of hydrogen-bond donors (Lipinski definition) is 0. The van der Waals surface area contributed by atoms with Crippen LogP contribution in [-0.4, -0.2) is 44.1 Å². The number of carbonyl (C=O) groups excluding carboxylic acids is 1. The molecule has 3 aromatic rings. The van der Waals surface area contributed by atoms with Crippen molar-refractivity contribution in [1.29, 1.82) is 0 Å². The number of carbonyl (C=O) groups is 1. The zero-order valence-corrected chi connectivity index (χ0v) is 16.0. The Morgan fingerprint density at radius 3 is 2.50 bits per heavy atom. The number of nitrogens with zero attached hydrogens (tertiary/aromatic N) is 2. The van der Waals surface area contributed by atoms with Crippen molar-refractivity contribution in [1.82, 2.24) is 4.90 Å². The zero-order chi connectivity index (χ0) is 19.7. The molecule has 0 aliphatic carbocycles. The Labute approximate surface area is 162 Å². The average Bonchev–Trinajstić information content (AvgIpc) is 2.73. The van der Waals surface area contributed by atoms with Crippen LogP contribution in [-0.2, 0) is 0 Å². The van der Waals surface area contributed by atoms with Crippen LogP contribution in [0.1, 0.15) is 15.9 Å². The lowest BCUT2D eigenvalue weighted by atomic mass is 10.1. The number of ether oxygens (including phenoxy) is 1. The molecule has 1 amide bonds. The predicted molar refractivity (Wildman–Crippen MR) is 108 cm³/mol. The van der Waals surface area contributed by atoms with Gasteiger partial charge in [-0.05, 0) is 30.7 Å². The smallest absolute Gasteiger partial charge is 0.349 e. The van der Waals surface area contributed by atoms with Gasteiger partial charge in [-0.1, -0.05) is 30.3 Å². The number of fused-ring (bicyclic) bond motifs is 1. The van der Waals surface area contributed by atoms with Crippen molar-refractivity contribution < 1.29 is 13.9 Å². The van der Waals surface area contributed by atoms with Crippen LogP contribution >= 0.6 is 0 Å². The summed E-state index contributed by atoms with van der Waals surface area (Å²) in [7, 11) is 1.52. The Bertz CT molecular complexity index is 1080. The molecule has 28 heavy (non-hydrogen) atoms. The van der Waals surface area contributed by atoms with Crippen molar-refractivity contribution in [2.75, 3.05) is 38.2 Å². The minimum Gasteiger partial charge on any atom is -0.493 e. The molecule has 0 bridgehead atoms. The molecule has 0 saturated carbocycles. The van der Waals surface area contributed by atoms with Gasteiger partial charge in [-0.3, -0.25) is 4.79 Å². The van der Waals surface area contributed by atoms with Crippen molar-refractivity contribution >= 4 is 22.6 Å². The molecule has 6 nitrogen and oxygen atoms in total. The van der Waals surface area contributed by atoms with Crippen LogP contribution in [0.25, 0.3) is 11.0 Å². The van der Waals surface area contributed by atoms with Crippen molar-refractivity contribution in [3.8, 4) is 5.75 Å². The van der Waals surface area contributed by atoms with E-state index in [1.807, 2.05) is 12.1 Å². The minimum absolute atomic E-state index is 0.0603. The molecule has 2 aromatic carbocycles. The third-order valence-corrected chi connectivity index (χ3v) is 5.20. The van der Waals surface area contributed by atoms with Crippen molar-refractivity contribution in [3.63, 3.8) is 0 Å². The molecular weight excluding hydrogens is 356 g/mol. The average molecular weight is 378 g/mol. The second kappa shape index (κ2) is 7.38. The zero-order valence-electron chi connectivity index (χ0n) is 16.0. The number of para-hydroxylation sites is 2. The van der Waals surface area contributed by atoms with Gasteiger partial charge in [0.15, 0.2) is 11.3 Å². The van der Waals surface area contributed by atoms with E-state index in [-0.39, 0.29) is 11.5 Å². The lowest BCUT2D eigenvalue weighted by Gasteiger charge is -2.36. The first kappa shape index (κ1) is 18.1. The second-order valence-corrected chi connectivity index (χ2v) is 6.89. The van der Waals surface area contributed by atoms with Gasteiger partial charge in [0.05, 0.1) is 7.11 Å². The van der Waals surface area contributed by atoms with E-state index in [4.69, 9.17) is 9.15 Å². The minimum atomic E-state index is -0.636. The molecule has 1 aromatic heterocycles. The predicted octanol–water partition coefficient (Wildman–Crippen LogP) is 3.07. The Kier molecular flexibility index (Phi) is 4.77. The lowest BCUT2D eigenvalue weighted by molar-refractivity contribution is 0.0742. The quantitative estimate of drug-likeness (QED) is 0.656. The highest BCUT2D eigenvalue weighted by Crippen LogP contribution is 2.25. The van der Waals surface area contributed by atoms with Crippen molar-refractivity contribution in [3.05, 3.63) is 70.1 Å². The van der Waals surface area contributed by atoms with E-state index >= 15 is 0 Å². The molecule has 1 aliphatic heterocycles. The van der Waals surface area contributed by atoms with Crippen LogP contribution in [0.4, 0.5) is 5.69 Å². The van der Waals surface area contributed by atoms with Gasteiger partial charge in [-0.2, -0.15) is 0 Å². The fraction of sp³-hybridized carbons (Fsp3) is 0.273. The van der Waals surface area contributed by atoms with E-state index in [1.54, 1.807) is 29.2 Å². The summed E-state index contributed by atoms with van der Waals surface area (Å²) in [5.41, 5.74) is 2.18. The first-order chi connectivity index (χ1) is 13.6. The molecular formula is C22H22N2O4. The number of piperazine rings is 1. The van der Waals surface area contributed by atoms with Gasteiger partial charge >= 0.3 is 5.63 Å².